The largest absolute Gasteiger partial charge is 0.346 e. The van der Waals surface area contributed by atoms with Gasteiger partial charge in [-0.15, -0.1) is 0 Å². The Bertz CT molecular complexity index is 492. The van der Waals surface area contributed by atoms with Crippen molar-refractivity contribution < 1.29 is 9.59 Å². The number of anilines is 1. The second-order valence-electron chi connectivity index (χ2n) is 4.42. The van der Waals surface area contributed by atoms with Crippen LogP contribution in [0.5, 0.6) is 0 Å². The van der Waals surface area contributed by atoms with Crippen molar-refractivity contribution in [2.75, 3.05) is 19.0 Å². The van der Waals surface area contributed by atoms with Crippen molar-refractivity contribution in [3.8, 4) is 0 Å². The zero-order valence-corrected chi connectivity index (χ0v) is 10.6. The van der Waals surface area contributed by atoms with Crippen LogP contribution in [0.15, 0.2) is 12.4 Å². The van der Waals surface area contributed by atoms with E-state index in [0.717, 1.165) is 0 Å². The summed E-state index contributed by atoms with van der Waals surface area (Å²) in [6.07, 6.45) is 3.87. The molecule has 19 heavy (non-hydrogen) atoms. The van der Waals surface area contributed by atoms with Gasteiger partial charge in [0.1, 0.15) is 5.69 Å². The van der Waals surface area contributed by atoms with Gasteiger partial charge >= 0.3 is 0 Å². The average molecular weight is 264 g/mol. The molecular formula is C11H16N6O2. The van der Waals surface area contributed by atoms with Crippen LogP contribution in [0.2, 0.25) is 0 Å². The van der Waals surface area contributed by atoms with Gasteiger partial charge in [0.2, 0.25) is 5.91 Å². The molecule has 1 atom stereocenters. The fourth-order valence-corrected chi connectivity index (χ4v) is 1.93. The monoisotopic (exact) mass is 264 g/mol. The summed E-state index contributed by atoms with van der Waals surface area (Å²) < 4.78 is 0. The van der Waals surface area contributed by atoms with E-state index in [4.69, 9.17) is 5.84 Å². The van der Waals surface area contributed by atoms with Gasteiger partial charge in [0.05, 0.1) is 12.4 Å². The number of rotatable bonds is 3. The molecule has 1 aliphatic rings. The Hall–Kier alpha value is -2.22. The number of amides is 2. The van der Waals surface area contributed by atoms with E-state index in [1.54, 1.807) is 11.9 Å². The summed E-state index contributed by atoms with van der Waals surface area (Å²) >= 11 is 0. The van der Waals surface area contributed by atoms with Gasteiger partial charge in [-0.3, -0.25) is 14.6 Å². The smallest absolute Gasteiger partial charge is 0.271 e. The molecule has 1 unspecified atom stereocenters. The number of hydrogen-bond acceptors (Lipinski definition) is 6. The quantitative estimate of drug-likeness (QED) is 0.482. The molecule has 8 heteroatoms. The minimum atomic E-state index is -0.322. The normalized spacial score (nSPS) is 19.2. The van der Waals surface area contributed by atoms with E-state index in [1.807, 2.05) is 0 Å². The number of piperidine rings is 1. The van der Waals surface area contributed by atoms with E-state index >= 15 is 0 Å². The van der Waals surface area contributed by atoms with Crippen molar-refractivity contribution in [1.29, 1.82) is 0 Å². The summed E-state index contributed by atoms with van der Waals surface area (Å²) in [6, 6.07) is -0.0634. The molecule has 2 heterocycles. The van der Waals surface area contributed by atoms with Crippen LogP contribution in [0.1, 0.15) is 23.3 Å². The first-order valence-corrected chi connectivity index (χ1v) is 5.93. The second-order valence-corrected chi connectivity index (χ2v) is 4.42. The Morgan fingerprint density at radius 3 is 3.00 bits per heavy atom. The lowest BCUT2D eigenvalue weighted by Crippen LogP contribution is -2.48. The third kappa shape index (κ3) is 3.16. The molecule has 1 aromatic rings. The number of nitrogen functional groups attached to an aromatic ring is 1. The molecule has 1 aliphatic heterocycles. The summed E-state index contributed by atoms with van der Waals surface area (Å²) in [5, 5.41) is 2.83. The van der Waals surface area contributed by atoms with E-state index in [0.29, 0.717) is 25.2 Å². The van der Waals surface area contributed by atoms with Gasteiger partial charge in [0.15, 0.2) is 5.82 Å². The van der Waals surface area contributed by atoms with Crippen molar-refractivity contribution in [2.24, 2.45) is 5.84 Å². The highest BCUT2D eigenvalue weighted by Gasteiger charge is 2.24. The first-order valence-electron chi connectivity index (χ1n) is 5.93. The Morgan fingerprint density at radius 1 is 1.53 bits per heavy atom. The number of hydrazine groups is 1. The molecule has 0 radical (unpaired) electrons. The molecular weight excluding hydrogens is 248 g/mol. The number of hydrogen-bond donors (Lipinski definition) is 3. The Balaban J connectivity index is 1.99. The molecule has 2 amide bonds. The van der Waals surface area contributed by atoms with E-state index in [1.165, 1.54) is 12.4 Å². The maximum Gasteiger partial charge on any atom is 0.271 e. The van der Waals surface area contributed by atoms with E-state index in [-0.39, 0.29) is 23.6 Å². The molecule has 2 rings (SSSR count). The number of carbonyl (C=O) groups excluding carboxylic acids is 2. The molecule has 0 aliphatic carbocycles. The first kappa shape index (κ1) is 13.2. The van der Waals surface area contributed by atoms with Crippen LogP contribution in [0.3, 0.4) is 0 Å². The van der Waals surface area contributed by atoms with Crippen molar-refractivity contribution in [1.82, 2.24) is 20.2 Å². The lowest BCUT2D eigenvalue weighted by atomic mass is 10.1. The zero-order valence-electron chi connectivity index (χ0n) is 10.6. The molecule has 1 aromatic heterocycles. The van der Waals surface area contributed by atoms with Crippen molar-refractivity contribution in [3.05, 3.63) is 18.1 Å². The van der Waals surface area contributed by atoms with Gasteiger partial charge in [0, 0.05) is 26.1 Å². The number of nitrogens with one attached hydrogen (secondary N) is 2. The number of likely N-dealkylation sites (tertiary alicyclic amines) is 1. The van der Waals surface area contributed by atoms with Gasteiger partial charge in [-0.1, -0.05) is 0 Å². The van der Waals surface area contributed by atoms with Crippen molar-refractivity contribution >= 4 is 17.6 Å². The standard InChI is InChI=1S/C11H16N6O2/c1-17-6-7(2-3-10(17)18)14-11(19)8-4-13-5-9(15-8)16-12/h4-5,7H,2-3,6,12H2,1H3,(H,14,19)(H,15,16). The summed E-state index contributed by atoms with van der Waals surface area (Å²) in [6.45, 7) is 0.507. The molecule has 0 aromatic carbocycles. The average Bonchev–Trinajstić information content (AvgIpc) is 2.43. The number of carbonyl (C=O) groups is 2. The molecule has 1 saturated heterocycles. The number of aromatic nitrogens is 2. The zero-order chi connectivity index (χ0) is 13.8. The molecule has 1 fully saturated rings. The maximum absolute atomic E-state index is 12.0. The summed E-state index contributed by atoms with van der Waals surface area (Å²) in [7, 11) is 1.72. The van der Waals surface area contributed by atoms with Gasteiger partial charge in [-0.05, 0) is 6.42 Å². The van der Waals surface area contributed by atoms with Crippen LogP contribution < -0.4 is 16.6 Å². The highest BCUT2D eigenvalue weighted by atomic mass is 16.2. The highest BCUT2D eigenvalue weighted by Crippen LogP contribution is 2.10. The van der Waals surface area contributed by atoms with Crippen molar-refractivity contribution in [2.45, 2.75) is 18.9 Å². The fraction of sp³-hybridized carbons (Fsp3) is 0.455. The third-order valence-corrected chi connectivity index (χ3v) is 2.98. The van der Waals surface area contributed by atoms with Crippen LogP contribution in [0.4, 0.5) is 5.82 Å². The predicted octanol–water partition coefficient (Wildman–Crippen LogP) is -0.887. The first-order chi connectivity index (χ1) is 9.10. The highest BCUT2D eigenvalue weighted by molar-refractivity contribution is 5.92. The van der Waals surface area contributed by atoms with E-state index in [2.05, 4.69) is 20.7 Å². The molecule has 4 N–H and O–H groups in total. The number of nitrogens with two attached hydrogens (primary N) is 1. The number of nitrogens with zero attached hydrogens (tertiary/aromatic N) is 3. The van der Waals surface area contributed by atoms with Crippen LogP contribution in [-0.2, 0) is 4.79 Å². The fourth-order valence-electron chi connectivity index (χ4n) is 1.93. The summed E-state index contributed by atoms with van der Waals surface area (Å²) in [4.78, 5) is 32.8. The molecule has 0 saturated carbocycles. The third-order valence-electron chi connectivity index (χ3n) is 2.98. The molecule has 102 valence electrons. The predicted molar refractivity (Wildman–Crippen MR) is 68.0 cm³/mol. The minimum Gasteiger partial charge on any atom is -0.346 e. The van der Waals surface area contributed by atoms with Crippen molar-refractivity contribution in [3.63, 3.8) is 0 Å². The number of likely N-dealkylation sites (N-methyl/N-ethyl adjacent to an activating group) is 1. The Labute approximate surface area is 110 Å². The second kappa shape index (κ2) is 5.61. The Morgan fingerprint density at radius 2 is 2.32 bits per heavy atom. The van der Waals surface area contributed by atoms with Crippen LogP contribution >= 0.6 is 0 Å². The molecule has 0 bridgehead atoms. The minimum absolute atomic E-state index is 0.0634. The summed E-state index contributed by atoms with van der Waals surface area (Å²) in [5.74, 6) is 5.31. The topological polar surface area (TPSA) is 113 Å². The maximum atomic E-state index is 12.0. The SMILES string of the molecule is CN1CC(NC(=O)c2cncc(NN)n2)CCC1=O. The van der Waals surface area contributed by atoms with Gasteiger partial charge in [0.25, 0.3) is 5.91 Å². The van der Waals surface area contributed by atoms with Gasteiger partial charge in [-0.2, -0.15) is 0 Å². The lowest BCUT2D eigenvalue weighted by Gasteiger charge is -2.30. The van der Waals surface area contributed by atoms with Crippen LogP contribution in [0, 0.1) is 0 Å². The molecule has 8 nitrogen and oxygen atoms in total. The van der Waals surface area contributed by atoms with E-state index in [9.17, 15) is 9.59 Å². The Kier molecular flexibility index (Phi) is 3.91. The van der Waals surface area contributed by atoms with Crippen LogP contribution in [-0.4, -0.2) is 46.3 Å². The van der Waals surface area contributed by atoms with Gasteiger partial charge in [-0.25, -0.2) is 10.8 Å². The lowest BCUT2D eigenvalue weighted by molar-refractivity contribution is -0.132. The van der Waals surface area contributed by atoms with E-state index < -0.39 is 0 Å². The summed E-state index contributed by atoms with van der Waals surface area (Å²) in [5.41, 5.74) is 2.52. The van der Waals surface area contributed by atoms with Crippen LogP contribution in [0.25, 0.3) is 0 Å². The van der Waals surface area contributed by atoms with Gasteiger partial charge < -0.3 is 15.6 Å². The molecule has 0 spiro atoms.